The molecule has 1 amide bonds. The van der Waals surface area contributed by atoms with Crippen molar-refractivity contribution >= 4 is 16.9 Å². The van der Waals surface area contributed by atoms with Gasteiger partial charge in [0, 0.05) is 36.0 Å². The number of hydrogen-bond donors (Lipinski definition) is 1. The first kappa shape index (κ1) is 18.0. The SMILES string of the molecule is Cc1c(C(=O)N2CCCCC2)oc2ccc3c(c12)C(O)CC1(CCCCC1)O3. The third kappa shape index (κ3) is 2.83. The monoisotopic (exact) mass is 383 g/mol. The smallest absolute Gasteiger partial charge is 0.289 e. The minimum Gasteiger partial charge on any atom is -0.487 e. The lowest BCUT2D eigenvalue weighted by Crippen LogP contribution is -2.42. The number of furan rings is 1. The topological polar surface area (TPSA) is 62.9 Å². The number of ether oxygens (including phenoxy) is 1. The van der Waals surface area contributed by atoms with Gasteiger partial charge in [-0.3, -0.25) is 4.79 Å². The van der Waals surface area contributed by atoms with Gasteiger partial charge in [0.25, 0.3) is 5.91 Å². The number of carbonyl (C=O) groups excluding carboxylic acids is 1. The molecule has 150 valence electrons. The molecule has 28 heavy (non-hydrogen) atoms. The quantitative estimate of drug-likeness (QED) is 0.762. The molecule has 2 aromatic rings. The van der Waals surface area contributed by atoms with Crippen LogP contribution in [0.15, 0.2) is 16.5 Å². The second kappa shape index (κ2) is 6.80. The van der Waals surface area contributed by atoms with E-state index in [-0.39, 0.29) is 11.5 Å². The molecule has 0 bridgehead atoms. The summed E-state index contributed by atoms with van der Waals surface area (Å²) in [5.74, 6) is 1.14. The number of amides is 1. The Morgan fingerprint density at radius 1 is 1.11 bits per heavy atom. The van der Waals surface area contributed by atoms with Crippen LogP contribution in [0.3, 0.4) is 0 Å². The zero-order valence-electron chi connectivity index (χ0n) is 16.6. The standard InChI is InChI=1S/C23H29NO4/c1-15-19-17(27-21(15)22(26)24-12-6-3-7-13-24)8-9-18-20(19)16(25)14-23(28-18)10-4-2-5-11-23/h8-9,16,25H,2-7,10-14H2,1H3. The van der Waals surface area contributed by atoms with Crippen molar-refractivity contribution in [1.82, 2.24) is 4.90 Å². The van der Waals surface area contributed by atoms with Gasteiger partial charge in [-0.05, 0) is 64.0 Å². The number of aliphatic hydroxyl groups excluding tert-OH is 1. The van der Waals surface area contributed by atoms with E-state index >= 15 is 0 Å². The fourth-order valence-electron chi connectivity index (χ4n) is 5.45. The van der Waals surface area contributed by atoms with Gasteiger partial charge in [0.15, 0.2) is 5.76 Å². The first-order valence-corrected chi connectivity index (χ1v) is 10.8. The van der Waals surface area contributed by atoms with E-state index in [1.54, 1.807) is 0 Å². The Balaban J connectivity index is 1.55. The van der Waals surface area contributed by atoms with Crippen molar-refractivity contribution < 1.29 is 19.1 Å². The molecule has 2 fully saturated rings. The fraction of sp³-hybridized carbons (Fsp3) is 0.609. The van der Waals surface area contributed by atoms with Gasteiger partial charge in [-0.15, -0.1) is 0 Å². The number of benzene rings is 1. The lowest BCUT2D eigenvalue weighted by molar-refractivity contribution is -0.0373. The van der Waals surface area contributed by atoms with E-state index in [0.717, 1.165) is 73.9 Å². The maximum absolute atomic E-state index is 13.0. The molecular weight excluding hydrogens is 354 g/mol. The molecule has 1 aromatic carbocycles. The highest BCUT2D eigenvalue weighted by molar-refractivity contribution is 6.00. The summed E-state index contributed by atoms with van der Waals surface area (Å²) in [5.41, 5.74) is 2.05. The largest absolute Gasteiger partial charge is 0.487 e. The van der Waals surface area contributed by atoms with Gasteiger partial charge in [-0.1, -0.05) is 6.42 Å². The number of fused-ring (bicyclic) bond motifs is 3. The molecule has 2 aliphatic heterocycles. The Morgan fingerprint density at radius 3 is 2.57 bits per heavy atom. The van der Waals surface area contributed by atoms with Crippen molar-refractivity contribution in [2.75, 3.05) is 13.1 Å². The molecule has 3 heterocycles. The highest BCUT2D eigenvalue weighted by atomic mass is 16.5. The summed E-state index contributed by atoms with van der Waals surface area (Å²) in [7, 11) is 0. The minimum atomic E-state index is -0.584. The maximum atomic E-state index is 13.0. The molecule has 1 unspecified atom stereocenters. The molecule has 3 aliphatic rings. The number of nitrogens with zero attached hydrogens (tertiary/aromatic N) is 1. The van der Waals surface area contributed by atoms with Crippen molar-refractivity contribution in [2.24, 2.45) is 0 Å². The van der Waals surface area contributed by atoms with Crippen LogP contribution in [0.2, 0.25) is 0 Å². The second-order valence-corrected chi connectivity index (χ2v) is 8.83. The highest BCUT2D eigenvalue weighted by Crippen LogP contribution is 2.49. The van der Waals surface area contributed by atoms with E-state index in [9.17, 15) is 9.90 Å². The number of aliphatic hydroxyl groups is 1. The second-order valence-electron chi connectivity index (χ2n) is 8.83. The van der Waals surface area contributed by atoms with E-state index < -0.39 is 6.10 Å². The van der Waals surface area contributed by atoms with Crippen molar-refractivity contribution in [3.8, 4) is 5.75 Å². The summed E-state index contributed by atoms with van der Waals surface area (Å²) in [6.45, 7) is 3.52. The summed E-state index contributed by atoms with van der Waals surface area (Å²) in [6.07, 6.45) is 8.89. The van der Waals surface area contributed by atoms with E-state index in [2.05, 4.69) is 0 Å². The average Bonchev–Trinajstić information content (AvgIpc) is 3.05. The zero-order chi connectivity index (χ0) is 19.3. The van der Waals surface area contributed by atoms with Crippen molar-refractivity contribution in [1.29, 1.82) is 0 Å². The van der Waals surface area contributed by atoms with Crippen LogP contribution in [0.25, 0.3) is 11.0 Å². The van der Waals surface area contributed by atoms with Gasteiger partial charge < -0.3 is 19.2 Å². The Bertz CT molecular complexity index is 903. The molecular formula is C23H29NO4. The average molecular weight is 383 g/mol. The summed E-state index contributed by atoms with van der Waals surface area (Å²) in [6, 6.07) is 3.80. The zero-order valence-corrected chi connectivity index (χ0v) is 16.6. The number of aryl methyl sites for hydroxylation is 1. The third-order valence-electron chi connectivity index (χ3n) is 6.92. The molecule has 0 radical (unpaired) electrons. The molecule has 1 N–H and O–H groups in total. The first-order valence-electron chi connectivity index (χ1n) is 10.8. The van der Waals surface area contributed by atoms with Gasteiger partial charge in [-0.25, -0.2) is 0 Å². The highest BCUT2D eigenvalue weighted by Gasteiger charge is 2.42. The van der Waals surface area contributed by atoms with Crippen molar-refractivity contribution in [3.05, 3.63) is 29.0 Å². The molecule has 1 saturated carbocycles. The van der Waals surface area contributed by atoms with Gasteiger partial charge in [0.05, 0.1) is 6.10 Å². The summed E-state index contributed by atoms with van der Waals surface area (Å²) >= 11 is 0. The lowest BCUT2D eigenvalue weighted by Gasteiger charge is -2.43. The van der Waals surface area contributed by atoms with E-state index in [0.29, 0.717) is 17.8 Å². The van der Waals surface area contributed by atoms with Crippen LogP contribution in [-0.2, 0) is 0 Å². The summed E-state index contributed by atoms with van der Waals surface area (Å²) in [5, 5.41) is 11.9. The minimum absolute atomic E-state index is 0.0304. The Kier molecular flexibility index (Phi) is 4.38. The van der Waals surface area contributed by atoms with Gasteiger partial charge in [0.1, 0.15) is 16.9 Å². The van der Waals surface area contributed by atoms with Crippen LogP contribution in [0, 0.1) is 6.92 Å². The van der Waals surface area contributed by atoms with Crippen LogP contribution in [0.1, 0.15) is 85.6 Å². The molecule has 5 rings (SSSR count). The Morgan fingerprint density at radius 2 is 1.82 bits per heavy atom. The van der Waals surface area contributed by atoms with Crippen LogP contribution < -0.4 is 4.74 Å². The maximum Gasteiger partial charge on any atom is 0.289 e. The van der Waals surface area contributed by atoms with E-state index in [1.165, 1.54) is 12.8 Å². The van der Waals surface area contributed by atoms with E-state index in [1.807, 2.05) is 24.0 Å². The van der Waals surface area contributed by atoms with Crippen LogP contribution in [0.5, 0.6) is 5.75 Å². The van der Waals surface area contributed by atoms with E-state index in [4.69, 9.17) is 9.15 Å². The number of piperidine rings is 1. The fourth-order valence-corrected chi connectivity index (χ4v) is 5.45. The van der Waals surface area contributed by atoms with Crippen LogP contribution >= 0.6 is 0 Å². The predicted molar refractivity (Wildman–Crippen MR) is 107 cm³/mol. The van der Waals surface area contributed by atoms with Gasteiger partial charge in [-0.2, -0.15) is 0 Å². The molecule has 1 spiro atoms. The Labute approximate surface area is 165 Å². The molecule has 5 heteroatoms. The molecule has 5 nitrogen and oxygen atoms in total. The third-order valence-corrected chi connectivity index (χ3v) is 6.92. The van der Waals surface area contributed by atoms with Gasteiger partial charge in [0.2, 0.25) is 0 Å². The number of carbonyl (C=O) groups is 1. The van der Waals surface area contributed by atoms with Crippen molar-refractivity contribution in [3.63, 3.8) is 0 Å². The molecule has 1 atom stereocenters. The summed E-state index contributed by atoms with van der Waals surface area (Å²) < 4.78 is 12.5. The molecule has 1 aromatic heterocycles. The summed E-state index contributed by atoms with van der Waals surface area (Å²) in [4.78, 5) is 14.9. The van der Waals surface area contributed by atoms with Crippen LogP contribution in [-0.4, -0.2) is 34.6 Å². The molecule has 1 aliphatic carbocycles. The Hall–Kier alpha value is -2.01. The van der Waals surface area contributed by atoms with Crippen molar-refractivity contribution in [2.45, 2.75) is 76.4 Å². The predicted octanol–water partition coefficient (Wildman–Crippen LogP) is 4.89. The number of hydrogen-bond acceptors (Lipinski definition) is 4. The first-order chi connectivity index (χ1) is 13.6. The number of rotatable bonds is 1. The van der Waals surface area contributed by atoms with Crippen LogP contribution in [0.4, 0.5) is 0 Å². The number of likely N-dealkylation sites (tertiary alicyclic amines) is 1. The molecule has 1 saturated heterocycles. The van der Waals surface area contributed by atoms with Gasteiger partial charge >= 0.3 is 0 Å². The lowest BCUT2D eigenvalue weighted by atomic mass is 9.77. The normalized spacial score (nSPS) is 24.2.